The Bertz CT molecular complexity index is 538. The van der Waals surface area contributed by atoms with Gasteiger partial charge in [-0.25, -0.2) is 4.98 Å². The standard InChI is InChI=1S/C13H15N3/c1-9(2)11-6-10(3)7-12(8-11)16-5-4-15-13(16)14/h4-8H,1H2,2-3H3,(H2,14,15). The maximum absolute atomic E-state index is 5.78. The maximum Gasteiger partial charge on any atom is 0.204 e. The van der Waals surface area contributed by atoms with Gasteiger partial charge in [-0.2, -0.15) is 0 Å². The summed E-state index contributed by atoms with van der Waals surface area (Å²) in [6, 6.07) is 6.25. The van der Waals surface area contributed by atoms with E-state index in [1.165, 1.54) is 5.56 Å². The van der Waals surface area contributed by atoms with E-state index in [0.29, 0.717) is 5.95 Å². The zero-order valence-corrected chi connectivity index (χ0v) is 9.57. The van der Waals surface area contributed by atoms with Gasteiger partial charge in [0.05, 0.1) is 0 Å². The second-order valence-electron chi connectivity index (χ2n) is 3.99. The predicted molar refractivity (Wildman–Crippen MR) is 67.4 cm³/mol. The van der Waals surface area contributed by atoms with Crippen LogP contribution in [0.15, 0.2) is 37.2 Å². The number of imidazole rings is 1. The number of nitrogens with two attached hydrogens (primary N) is 1. The Balaban J connectivity index is 2.58. The Kier molecular flexibility index (Phi) is 2.52. The highest BCUT2D eigenvalue weighted by atomic mass is 15.1. The first kappa shape index (κ1) is 10.5. The number of benzene rings is 1. The van der Waals surface area contributed by atoms with E-state index in [4.69, 9.17) is 5.73 Å². The zero-order valence-electron chi connectivity index (χ0n) is 9.57. The molecule has 1 aromatic carbocycles. The Hall–Kier alpha value is -2.03. The molecule has 16 heavy (non-hydrogen) atoms. The van der Waals surface area contributed by atoms with Gasteiger partial charge in [0.1, 0.15) is 0 Å². The zero-order chi connectivity index (χ0) is 11.7. The summed E-state index contributed by atoms with van der Waals surface area (Å²) in [7, 11) is 0. The third kappa shape index (κ3) is 1.84. The highest BCUT2D eigenvalue weighted by molar-refractivity contribution is 5.64. The van der Waals surface area contributed by atoms with E-state index in [-0.39, 0.29) is 0 Å². The van der Waals surface area contributed by atoms with Crippen molar-refractivity contribution in [3.63, 3.8) is 0 Å². The summed E-state index contributed by atoms with van der Waals surface area (Å²) in [6.45, 7) is 8.01. The van der Waals surface area contributed by atoms with Gasteiger partial charge in [0, 0.05) is 18.1 Å². The van der Waals surface area contributed by atoms with Crippen molar-refractivity contribution in [3.8, 4) is 5.69 Å². The number of nitrogen functional groups attached to an aromatic ring is 1. The summed E-state index contributed by atoms with van der Waals surface area (Å²) in [5.41, 5.74) is 10.2. The molecule has 0 aliphatic rings. The third-order valence-electron chi connectivity index (χ3n) is 2.50. The normalized spacial score (nSPS) is 10.4. The van der Waals surface area contributed by atoms with Crippen molar-refractivity contribution in [3.05, 3.63) is 48.3 Å². The van der Waals surface area contributed by atoms with Crippen LogP contribution in [-0.2, 0) is 0 Å². The van der Waals surface area contributed by atoms with E-state index in [1.54, 1.807) is 6.20 Å². The van der Waals surface area contributed by atoms with Gasteiger partial charge in [0.15, 0.2) is 0 Å². The number of hydrogen-bond acceptors (Lipinski definition) is 2. The predicted octanol–water partition coefficient (Wildman–Crippen LogP) is 2.80. The lowest BCUT2D eigenvalue weighted by Crippen LogP contribution is -2.00. The summed E-state index contributed by atoms with van der Waals surface area (Å²) in [5.74, 6) is 0.498. The van der Waals surface area contributed by atoms with Gasteiger partial charge in [-0.3, -0.25) is 4.57 Å². The number of anilines is 1. The number of aromatic nitrogens is 2. The fourth-order valence-corrected chi connectivity index (χ4v) is 1.68. The molecule has 0 atom stereocenters. The van der Waals surface area contributed by atoms with Crippen molar-refractivity contribution in [2.45, 2.75) is 13.8 Å². The largest absolute Gasteiger partial charge is 0.369 e. The number of rotatable bonds is 2. The molecule has 2 rings (SSSR count). The quantitative estimate of drug-likeness (QED) is 0.833. The molecule has 0 aliphatic heterocycles. The fourth-order valence-electron chi connectivity index (χ4n) is 1.68. The van der Waals surface area contributed by atoms with Gasteiger partial charge in [0.2, 0.25) is 5.95 Å². The van der Waals surface area contributed by atoms with Gasteiger partial charge >= 0.3 is 0 Å². The van der Waals surface area contributed by atoms with Crippen molar-refractivity contribution >= 4 is 11.5 Å². The number of nitrogens with zero attached hydrogens (tertiary/aromatic N) is 2. The van der Waals surface area contributed by atoms with E-state index in [9.17, 15) is 0 Å². The average Bonchev–Trinajstić information content (AvgIpc) is 2.63. The molecule has 0 fully saturated rings. The highest BCUT2D eigenvalue weighted by Gasteiger charge is 2.04. The minimum Gasteiger partial charge on any atom is -0.369 e. The molecular weight excluding hydrogens is 198 g/mol. The molecule has 0 radical (unpaired) electrons. The molecule has 0 saturated heterocycles. The Morgan fingerprint density at radius 2 is 2.12 bits per heavy atom. The van der Waals surface area contributed by atoms with E-state index < -0.39 is 0 Å². The van der Waals surface area contributed by atoms with Crippen molar-refractivity contribution < 1.29 is 0 Å². The third-order valence-corrected chi connectivity index (χ3v) is 2.50. The lowest BCUT2D eigenvalue weighted by molar-refractivity contribution is 1.07. The molecule has 0 saturated carbocycles. The van der Waals surface area contributed by atoms with E-state index in [1.807, 2.05) is 17.7 Å². The second-order valence-corrected chi connectivity index (χ2v) is 3.99. The fraction of sp³-hybridized carbons (Fsp3) is 0.154. The SMILES string of the molecule is C=C(C)c1cc(C)cc(-n2ccnc2N)c1. The summed E-state index contributed by atoms with van der Waals surface area (Å²) in [5, 5.41) is 0. The first-order valence-electron chi connectivity index (χ1n) is 5.14. The van der Waals surface area contributed by atoms with Crippen LogP contribution >= 0.6 is 0 Å². The molecule has 0 spiro atoms. The lowest BCUT2D eigenvalue weighted by atomic mass is 10.1. The molecule has 0 amide bonds. The minimum absolute atomic E-state index is 0.498. The summed E-state index contributed by atoms with van der Waals surface area (Å²) < 4.78 is 1.86. The monoisotopic (exact) mass is 213 g/mol. The molecule has 0 bridgehead atoms. The Morgan fingerprint density at radius 3 is 2.69 bits per heavy atom. The van der Waals surface area contributed by atoms with Crippen molar-refractivity contribution in [1.82, 2.24) is 9.55 Å². The van der Waals surface area contributed by atoms with Crippen LogP contribution in [0.25, 0.3) is 11.3 Å². The van der Waals surface area contributed by atoms with Crippen molar-refractivity contribution in [2.75, 3.05) is 5.73 Å². The number of allylic oxidation sites excluding steroid dienone is 1. The number of hydrogen-bond donors (Lipinski definition) is 1. The minimum atomic E-state index is 0.498. The maximum atomic E-state index is 5.78. The van der Waals surface area contributed by atoms with Crippen LogP contribution < -0.4 is 5.73 Å². The topological polar surface area (TPSA) is 43.8 Å². The molecule has 82 valence electrons. The van der Waals surface area contributed by atoms with Crippen molar-refractivity contribution in [2.24, 2.45) is 0 Å². The van der Waals surface area contributed by atoms with Crippen LogP contribution in [0.4, 0.5) is 5.95 Å². The first-order valence-corrected chi connectivity index (χ1v) is 5.14. The van der Waals surface area contributed by atoms with Crippen LogP contribution in [-0.4, -0.2) is 9.55 Å². The van der Waals surface area contributed by atoms with Crippen LogP contribution in [0.5, 0.6) is 0 Å². The van der Waals surface area contributed by atoms with Crippen LogP contribution in [0.3, 0.4) is 0 Å². The summed E-state index contributed by atoms with van der Waals surface area (Å²) >= 11 is 0. The average molecular weight is 213 g/mol. The molecule has 3 nitrogen and oxygen atoms in total. The van der Waals surface area contributed by atoms with E-state index in [2.05, 4.69) is 36.7 Å². The number of aryl methyl sites for hydroxylation is 1. The lowest BCUT2D eigenvalue weighted by Gasteiger charge is -2.09. The first-order chi connectivity index (χ1) is 7.58. The van der Waals surface area contributed by atoms with E-state index in [0.717, 1.165) is 16.8 Å². The van der Waals surface area contributed by atoms with Gasteiger partial charge in [0.25, 0.3) is 0 Å². The molecule has 1 heterocycles. The second kappa shape index (κ2) is 3.85. The molecule has 2 aromatic rings. The molecule has 0 aliphatic carbocycles. The van der Waals surface area contributed by atoms with Gasteiger partial charge < -0.3 is 5.73 Å². The van der Waals surface area contributed by atoms with Gasteiger partial charge in [-0.15, -0.1) is 0 Å². The van der Waals surface area contributed by atoms with Gasteiger partial charge in [-0.1, -0.05) is 18.2 Å². The molecular formula is C13H15N3. The summed E-state index contributed by atoms with van der Waals surface area (Å²) in [4.78, 5) is 4.02. The molecule has 3 heteroatoms. The van der Waals surface area contributed by atoms with Crippen LogP contribution in [0.1, 0.15) is 18.1 Å². The van der Waals surface area contributed by atoms with Crippen LogP contribution in [0.2, 0.25) is 0 Å². The highest BCUT2D eigenvalue weighted by Crippen LogP contribution is 2.20. The Labute approximate surface area is 95.2 Å². The molecule has 0 unspecified atom stereocenters. The summed E-state index contributed by atoms with van der Waals surface area (Å²) in [6.07, 6.45) is 3.55. The van der Waals surface area contributed by atoms with Crippen LogP contribution in [0, 0.1) is 6.92 Å². The van der Waals surface area contributed by atoms with Gasteiger partial charge in [-0.05, 0) is 37.1 Å². The Morgan fingerprint density at radius 1 is 1.38 bits per heavy atom. The van der Waals surface area contributed by atoms with Crippen molar-refractivity contribution in [1.29, 1.82) is 0 Å². The molecule has 2 N–H and O–H groups in total. The smallest absolute Gasteiger partial charge is 0.204 e. The molecule has 1 aromatic heterocycles. The van der Waals surface area contributed by atoms with E-state index >= 15 is 0 Å².